The topological polar surface area (TPSA) is 87.2 Å². The van der Waals surface area contributed by atoms with Crippen molar-refractivity contribution in [1.29, 1.82) is 0 Å². The Labute approximate surface area is 108 Å². The normalized spacial score (nSPS) is 21.4. The van der Waals surface area contributed by atoms with Gasteiger partial charge in [0.2, 0.25) is 0 Å². The average Bonchev–Trinajstić information content (AvgIpc) is 2.84. The van der Waals surface area contributed by atoms with Crippen molar-refractivity contribution in [3.05, 3.63) is 0 Å². The second-order valence-corrected chi connectivity index (χ2v) is 6.23. The molecule has 0 aromatic rings. The third kappa shape index (κ3) is 3.41. The van der Waals surface area contributed by atoms with Gasteiger partial charge in [-0.3, -0.25) is 4.79 Å². The zero-order chi connectivity index (χ0) is 13.8. The van der Waals surface area contributed by atoms with Crippen LogP contribution in [0.1, 0.15) is 19.3 Å². The fourth-order valence-corrected chi connectivity index (χ4v) is 3.53. The molecular weight excluding hydrogens is 260 g/mol. The smallest absolute Gasteiger partial charge is 0.306 e. The number of esters is 1. The van der Waals surface area contributed by atoms with Gasteiger partial charge in [-0.05, 0) is 12.8 Å². The van der Waals surface area contributed by atoms with Crippen LogP contribution in [0.3, 0.4) is 0 Å². The number of carbonyl (C=O) groups excluding carboxylic acids is 1. The number of methoxy groups -OCH3 is 1. The molecule has 0 unspecified atom stereocenters. The Balaban J connectivity index is 2.64. The van der Waals surface area contributed by atoms with Crippen LogP contribution < -0.4 is 0 Å². The summed E-state index contributed by atoms with van der Waals surface area (Å²) in [6.07, 6.45) is 1.43. The van der Waals surface area contributed by atoms with Gasteiger partial charge < -0.3 is 9.84 Å². The molecule has 1 heterocycles. The van der Waals surface area contributed by atoms with E-state index in [4.69, 9.17) is 5.11 Å². The van der Waals surface area contributed by atoms with Gasteiger partial charge in [-0.1, -0.05) is 0 Å². The Bertz CT molecular complexity index is 384. The van der Waals surface area contributed by atoms with Crippen LogP contribution in [-0.4, -0.2) is 68.0 Å². The van der Waals surface area contributed by atoms with Crippen LogP contribution in [0.4, 0.5) is 0 Å². The van der Waals surface area contributed by atoms with Gasteiger partial charge >= 0.3 is 5.97 Å². The summed E-state index contributed by atoms with van der Waals surface area (Å²) in [5.41, 5.74) is 0. The molecule has 0 saturated carbocycles. The SMILES string of the molecule is COC(=O)CCN(C)S(=O)(=O)N1CCC[C@H]1CO. The number of ether oxygens (including phenoxy) is 1. The molecule has 1 aliphatic rings. The second kappa shape index (κ2) is 6.46. The highest BCUT2D eigenvalue weighted by atomic mass is 32.2. The van der Waals surface area contributed by atoms with E-state index in [1.54, 1.807) is 0 Å². The predicted octanol–water partition coefficient (Wildman–Crippen LogP) is -0.817. The number of aliphatic hydroxyl groups is 1. The Kier molecular flexibility index (Phi) is 5.51. The van der Waals surface area contributed by atoms with Crippen molar-refractivity contribution in [2.45, 2.75) is 25.3 Å². The van der Waals surface area contributed by atoms with Crippen LogP contribution in [0.15, 0.2) is 0 Å². The zero-order valence-electron chi connectivity index (χ0n) is 10.7. The molecule has 0 spiro atoms. The van der Waals surface area contributed by atoms with E-state index in [1.807, 2.05) is 0 Å². The van der Waals surface area contributed by atoms with Gasteiger partial charge in [0.15, 0.2) is 0 Å². The lowest BCUT2D eigenvalue weighted by atomic mass is 10.2. The molecule has 7 nitrogen and oxygen atoms in total. The van der Waals surface area contributed by atoms with Crippen LogP contribution in [0.25, 0.3) is 0 Å². The number of hydrogen-bond donors (Lipinski definition) is 1. The second-order valence-electron chi connectivity index (χ2n) is 4.24. The van der Waals surface area contributed by atoms with E-state index in [0.29, 0.717) is 13.0 Å². The molecule has 0 aromatic heterocycles. The number of nitrogens with zero attached hydrogens (tertiary/aromatic N) is 2. The summed E-state index contributed by atoms with van der Waals surface area (Å²) < 4.78 is 31.3. The first kappa shape index (κ1) is 15.4. The largest absolute Gasteiger partial charge is 0.469 e. The van der Waals surface area contributed by atoms with Crippen molar-refractivity contribution in [2.24, 2.45) is 0 Å². The first-order valence-corrected chi connectivity index (χ1v) is 7.24. The molecule has 1 atom stereocenters. The van der Waals surface area contributed by atoms with E-state index in [0.717, 1.165) is 10.7 Å². The lowest BCUT2D eigenvalue weighted by molar-refractivity contribution is -0.140. The minimum atomic E-state index is -3.60. The third-order valence-electron chi connectivity index (χ3n) is 3.08. The highest BCUT2D eigenvalue weighted by Gasteiger charge is 2.36. The average molecular weight is 280 g/mol. The summed E-state index contributed by atoms with van der Waals surface area (Å²) >= 11 is 0. The number of rotatable bonds is 6. The van der Waals surface area contributed by atoms with Crippen LogP contribution in [0.5, 0.6) is 0 Å². The lowest BCUT2D eigenvalue weighted by Crippen LogP contribution is -2.46. The van der Waals surface area contributed by atoms with E-state index in [1.165, 1.54) is 18.5 Å². The summed E-state index contributed by atoms with van der Waals surface area (Å²) in [6.45, 7) is 0.309. The van der Waals surface area contributed by atoms with Gasteiger partial charge in [0.1, 0.15) is 0 Å². The first-order valence-electron chi connectivity index (χ1n) is 5.84. The molecule has 1 N–H and O–H groups in total. The fraction of sp³-hybridized carbons (Fsp3) is 0.900. The maximum Gasteiger partial charge on any atom is 0.306 e. The van der Waals surface area contributed by atoms with Crippen LogP contribution in [-0.2, 0) is 19.7 Å². The fourth-order valence-electron chi connectivity index (χ4n) is 1.94. The molecule has 0 bridgehead atoms. The molecule has 0 aliphatic carbocycles. The van der Waals surface area contributed by atoms with Crippen LogP contribution in [0.2, 0.25) is 0 Å². The summed E-state index contributed by atoms with van der Waals surface area (Å²) in [5.74, 6) is -0.447. The van der Waals surface area contributed by atoms with Gasteiger partial charge in [0.25, 0.3) is 10.2 Å². The first-order chi connectivity index (χ1) is 8.43. The lowest BCUT2D eigenvalue weighted by Gasteiger charge is -2.27. The molecule has 0 aromatic carbocycles. The molecule has 0 amide bonds. The van der Waals surface area contributed by atoms with Crippen molar-refractivity contribution < 1.29 is 23.1 Å². The maximum atomic E-state index is 12.2. The number of carbonyl (C=O) groups is 1. The Morgan fingerprint density at radius 1 is 1.56 bits per heavy atom. The van der Waals surface area contributed by atoms with E-state index >= 15 is 0 Å². The Hall–Kier alpha value is -0.700. The van der Waals surface area contributed by atoms with Crippen molar-refractivity contribution in [3.8, 4) is 0 Å². The van der Waals surface area contributed by atoms with Crippen LogP contribution >= 0.6 is 0 Å². The van der Waals surface area contributed by atoms with E-state index in [-0.39, 0.29) is 25.6 Å². The highest BCUT2D eigenvalue weighted by molar-refractivity contribution is 7.86. The van der Waals surface area contributed by atoms with E-state index in [2.05, 4.69) is 4.74 Å². The Morgan fingerprint density at radius 2 is 2.22 bits per heavy atom. The highest BCUT2D eigenvalue weighted by Crippen LogP contribution is 2.22. The molecule has 1 rings (SSSR count). The van der Waals surface area contributed by atoms with Crippen molar-refractivity contribution in [1.82, 2.24) is 8.61 Å². The third-order valence-corrected chi connectivity index (χ3v) is 5.13. The number of hydrogen-bond acceptors (Lipinski definition) is 5. The summed E-state index contributed by atoms with van der Waals surface area (Å²) in [7, 11) is -0.920. The van der Waals surface area contributed by atoms with E-state index in [9.17, 15) is 13.2 Å². The molecule has 8 heteroatoms. The van der Waals surface area contributed by atoms with Crippen molar-refractivity contribution in [3.63, 3.8) is 0 Å². The summed E-state index contributed by atoms with van der Waals surface area (Å²) in [6, 6.07) is -0.351. The monoisotopic (exact) mass is 280 g/mol. The van der Waals surface area contributed by atoms with E-state index < -0.39 is 16.2 Å². The van der Waals surface area contributed by atoms with Crippen molar-refractivity contribution in [2.75, 3.05) is 33.9 Å². The molecule has 18 heavy (non-hydrogen) atoms. The van der Waals surface area contributed by atoms with Crippen molar-refractivity contribution >= 4 is 16.2 Å². The summed E-state index contributed by atoms with van der Waals surface area (Å²) in [5, 5.41) is 9.14. The minimum absolute atomic E-state index is 0.0177. The maximum absolute atomic E-state index is 12.2. The van der Waals surface area contributed by atoms with Crippen LogP contribution in [0, 0.1) is 0 Å². The Morgan fingerprint density at radius 3 is 2.78 bits per heavy atom. The molecule has 106 valence electrons. The molecule has 1 aliphatic heterocycles. The molecular formula is C10H20N2O5S. The molecule has 1 fully saturated rings. The van der Waals surface area contributed by atoms with Gasteiger partial charge in [0.05, 0.1) is 20.1 Å². The standard InChI is InChI=1S/C10H20N2O5S/c1-11(7-5-10(14)17-2)18(15,16)12-6-3-4-9(12)8-13/h9,13H,3-8H2,1-2H3/t9-/m0/s1. The van der Waals surface area contributed by atoms with Gasteiger partial charge in [-0.15, -0.1) is 0 Å². The molecule has 1 saturated heterocycles. The minimum Gasteiger partial charge on any atom is -0.469 e. The molecule has 0 radical (unpaired) electrons. The van der Waals surface area contributed by atoms with Gasteiger partial charge in [-0.2, -0.15) is 17.0 Å². The van der Waals surface area contributed by atoms with Gasteiger partial charge in [-0.25, -0.2) is 0 Å². The quantitative estimate of drug-likeness (QED) is 0.643. The number of aliphatic hydroxyl groups excluding tert-OH is 1. The predicted molar refractivity (Wildman–Crippen MR) is 65.0 cm³/mol. The van der Waals surface area contributed by atoms with Gasteiger partial charge in [0, 0.05) is 26.2 Å². The zero-order valence-corrected chi connectivity index (χ0v) is 11.5. The summed E-state index contributed by atoms with van der Waals surface area (Å²) in [4.78, 5) is 11.0.